The van der Waals surface area contributed by atoms with Crippen LogP contribution in [0.3, 0.4) is 0 Å². The predicted molar refractivity (Wildman–Crippen MR) is 101 cm³/mol. The molecule has 0 saturated carbocycles. The Morgan fingerprint density at radius 2 is 1.88 bits per heavy atom. The summed E-state index contributed by atoms with van der Waals surface area (Å²) in [5.74, 6) is 0.0306. The molecule has 1 aromatic carbocycles. The number of benzene rings is 1. The van der Waals surface area contributed by atoms with E-state index in [1.54, 1.807) is 11.0 Å². The normalized spacial score (nSPS) is 25.3. The summed E-state index contributed by atoms with van der Waals surface area (Å²) in [6.45, 7) is 4.22. The maximum atomic E-state index is 13.1. The van der Waals surface area contributed by atoms with Gasteiger partial charge in [0.25, 0.3) is 5.91 Å². The number of amides is 1. The molecule has 2 saturated heterocycles. The van der Waals surface area contributed by atoms with Gasteiger partial charge in [0.2, 0.25) is 0 Å². The highest BCUT2D eigenvalue weighted by molar-refractivity contribution is 7.91. The van der Waals surface area contributed by atoms with E-state index in [-0.39, 0.29) is 29.5 Å². The third-order valence-corrected chi connectivity index (χ3v) is 7.08. The molecule has 0 N–H and O–H groups in total. The van der Waals surface area contributed by atoms with E-state index in [2.05, 4.69) is 16.8 Å². The molecule has 2 atom stereocenters. The Hall–Kier alpha value is -1.99. The highest BCUT2D eigenvalue weighted by atomic mass is 32.2. The number of hydrogen-bond donors (Lipinski definition) is 0. The van der Waals surface area contributed by atoms with Crippen molar-refractivity contribution in [1.29, 1.82) is 0 Å². The van der Waals surface area contributed by atoms with Crippen LogP contribution >= 0.6 is 0 Å². The molecule has 1 amide bonds. The summed E-state index contributed by atoms with van der Waals surface area (Å²) in [6.07, 6.45) is 0.976. The van der Waals surface area contributed by atoms with Crippen LogP contribution in [-0.2, 0) is 9.84 Å². The zero-order valence-electron chi connectivity index (χ0n) is 14.8. The van der Waals surface area contributed by atoms with Gasteiger partial charge in [0, 0.05) is 24.5 Å². The van der Waals surface area contributed by atoms with Gasteiger partial charge in [-0.25, -0.2) is 13.4 Å². The third kappa shape index (κ3) is 3.10. The molecule has 4 rings (SSSR count). The molecule has 0 radical (unpaired) electrons. The molecule has 7 heteroatoms. The maximum absolute atomic E-state index is 13.1. The van der Waals surface area contributed by atoms with Crippen LogP contribution in [0.4, 0.5) is 0 Å². The highest BCUT2D eigenvalue weighted by Crippen LogP contribution is 2.28. The molecule has 138 valence electrons. The number of carbonyl (C=O) groups excluding carboxylic acids is 1. The lowest BCUT2D eigenvalue weighted by atomic mass is 10.0. The van der Waals surface area contributed by atoms with Crippen LogP contribution in [0.5, 0.6) is 0 Å². The molecule has 2 aliphatic rings. The van der Waals surface area contributed by atoms with E-state index >= 15 is 0 Å². The largest absolute Gasteiger partial charge is 0.330 e. The highest BCUT2D eigenvalue weighted by Gasteiger charge is 2.47. The summed E-state index contributed by atoms with van der Waals surface area (Å²) < 4.78 is 24.5. The molecule has 2 aromatic rings. The van der Waals surface area contributed by atoms with Gasteiger partial charge in [0.05, 0.1) is 23.1 Å². The maximum Gasteiger partial charge on any atom is 0.272 e. The molecule has 6 nitrogen and oxygen atoms in total. The number of fused-ring (bicyclic) bond motifs is 2. The lowest BCUT2D eigenvalue weighted by Gasteiger charge is -2.43. The number of aromatic nitrogens is 1. The summed E-state index contributed by atoms with van der Waals surface area (Å²) in [5, 5.41) is 0.984. The topological polar surface area (TPSA) is 70.6 Å². The first kappa shape index (κ1) is 17.4. The number of hydrogen-bond acceptors (Lipinski definition) is 5. The molecule has 0 aliphatic carbocycles. The van der Waals surface area contributed by atoms with Crippen molar-refractivity contribution in [3.05, 3.63) is 42.1 Å². The van der Waals surface area contributed by atoms with Gasteiger partial charge in [-0.1, -0.05) is 31.2 Å². The zero-order valence-corrected chi connectivity index (χ0v) is 15.7. The first-order valence-electron chi connectivity index (χ1n) is 9.10. The molecular weight excluding hydrogens is 350 g/mol. The number of carbonyl (C=O) groups is 1. The molecular formula is C19H23N3O3S. The lowest BCUT2D eigenvalue weighted by Crippen LogP contribution is -2.60. The van der Waals surface area contributed by atoms with Crippen molar-refractivity contribution in [2.24, 2.45) is 0 Å². The second-order valence-electron chi connectivity index (χ2n) is 7.14. The van der Waals surface area contributed by atoms with Crippen molar-refractivity contribution in [3.8, 4) is 0 Å². The van der Waals surface area contributed by atoms with Gasteiger partial charge < -0.3 is 4.90 Å². The molecule has 2 fully saturated rings. The fraction of sp³-hybridized carbons (Fsp3) is 0.474. The van der Waals surface area contributed by atoms with Crippen molar-refractivity contribution in [1.82, 2.24) is 14.8 Å². The number of sulfone groups is 1. The second kappa shape index (κ2) is 6.63. The summed E-state index contributed by atoms with van der Waals surface area (Å²) in [4.78, 5) is 21.6. The average Bonchev–Trinajstić information content (AvgIpc) is 2.96. The number of pyridine rings is 1. The second-order valence-corrected chi connectivity index (χ2v) is 9.29. The summed E-state index contributed by atoms with van der Waals surface area (Å²) in [5.41, 5.74) is 1.16. The first-order chi connectivity index (χ1) is 12.5. The quantitative estimate of drug-likeness (QED) is 0.817. The van der Waals surface area contributed by atoms with E-state index in [4.69, 9.17) is 0 Å². The molecule has 0 unspecified atom stereocenters. The zero-order chi connectivity index (χ0) is 18.3. The monoisotopic (exact) mass is 373 g/mol. The number of para-hydroxylation sites is 1. The van der Waals surface area contributed by atoms with Crippen molar-refractivity contribution in [3.63, 3.8) is 0 Å². The van der Waals surface area contributed by atoms with Crippen molar-refractivity contribution in [2.45, 2.75) is 25.4 Å². The van der Waals surface area contributed by atoms with Crippen LogP contribution in [0.2, 0.25) is 0 Å². The van der Waals surface area contributed by atoms with Crippen LogP contribution in [0.15, 0.2) is 36.4 Å². The van der Waals surface area contributed by atoms with Gasteiger partial charge in [-0.2, -0.15) is 0 Å². The molecule has 2 aliphatic heterocycles. The molecule has 0 bridgehead atoms. The van der Waals surface area contributed by atoms with E-state index in [9.17, 15) is 13.2 Å². The van der Waals surface area contributed by atoms with Crippen LogP contribution < -0.4 is 0 Å². The van der Waals surface area contributed by atoms with Crippen molar-refractivity contribution < 1.29 is 13.2 Å². The Balaban J connectivity index is 1.64. The van der Waals surface area contributed by atoms with E-state index in [1.165, 1.54) is 0 Å². The van der Waals surface area contributed by atoms with Crippen LogP contribution in [0, 0.1) is 0 Å². The number of rotatable bonds is 3. The van der Waals surface area contributed by atoms with Gasteiger partial charge in [0.1, 0.15) is 5.69 Å². The van der Waals surface area contributed by atoms with Crippen LogP contribution in [0.25, 0.3) is 10.9 Å². The van der Waals surface area contributed by atoms with Crippen LogP contribution in [-0.4, -0.2) is 72.3 Å². The molecule has 3 heterocycles. The lowest BCUT2D eigenvalue weighted by molar-refractivity contribution is 0.0328. The van der Waals surface area contributed by atoms with E-state index in [0.717, 1.165) is 23.9 Å². The molecule has 26 heavy (non-hydrogen) atoms. The fourth-order valence-electron chi connectivity index (χ4n) is 4.17. The Labute approximate surface area is 153 Å². The van der Waals surface area contributed by atoms with Gasteiger partial charge in [-0.3, -0.25) is 9.69 Å². The van der Waals surface area contributed by atoms with Gasteiger partial charge in [-0.15, -0.1) is 0 Å². The Bertz CT molecular complexity index is 944. The Kier molecular flexibility index (Phi) is 4.44. The van der Waals surface area contributed by atoms with Gasteiger partial charge >= 0.3 is 0 Å². The smallest absolute Gasteiger partial charge is 0.272 e. The SMILES string of the molecule is CCCN1CCN(C(=O)c2ccc3ccccc3n2)[C@H]2CS(=O)(=O)C[C@H]21. The molecule has 1 aromatic heterocycles. The Morgan fingerprint density at radius 3 is 2.69 bits per heavy atom. The van der Waals surface area contributed by atoms with E-state index < -0.39 is 9.84 Å². The summed E-state index contributed by atoms with van der Waals surface area (Å²) in [6, 6.07) is 10.9. The number of piperazine rings is 1. The van der Waals surface area contributed by atoms with Gasteiger partial charge in [0.15, 0.2) is 9.84 Å². The van der Waals surface area contributed by atoms with E-state index in [0.29, 0.717) is 18.8 Å². The minimum atomic E-state index is -3.12. The minimum absolute atomic E-state index is 0.0528. The molecule has 0 spiro atoms. The number of nitrogens with zero attached hydrogens (tertiary/aromatic N) is 3. The third-order valence-electron chi connectivity index (χ3n) is 5.38. The van der Waals surface area contributed by atoms with Crippen molar-refractivity contribution in [2.75, 3.05) is 31.1 Å². The predicted octanol–water partition coefficient (Wildman–Crippen LogP) is 1.57. The summed E-state index contributed by atoms with van der Waals surface area (Å²) in [7, 11) is -3.12. The minimum Gasteiger partial charge on any atom is -0.330 e. The van der Waals surface area contributed by atoms with E-state index in [1.807, 2.05) is 30.3 Å². The average molecular weight is 373 g/mol. The fourth-order valence-corrected chi connectivity index (χ4v) is 6.19. The standard InChI is InChI=1S/C19H23N3O3S/c1-2-9-21-10-11-22(18-13-26(24,25)12-17(18)21)19(23)16-8-7-14-5-3-4-6-15(14)20-16/h3-8,17-18H,2,9-13H2,1H3/t17-,18+/m1/s1. The van der Waals surface area contributed by atoms with Gasteiger partial charge in [-0.05, 0) is 25.1 Å². The Morgan fingerprint density at radius 1 is 1.12 bits per heavy atom. The van der Waals surface area contributed by atoms with Crippen LogP contribution in [0.1, 0.15) is 23.8 Å². The first-order valence-corrected chi connectivity index (χ1v) is 10.9. The van der Waals surface area contributed by atoms with Crippen molar-refractivity contribution >= 4 is 26.6 Å². The summed E-state index contributed by atoms with van der Waals surface area (Å²) >= 11 is 0.